The number of alkyl halides is 2. The molecule has 0 aliphatic carbocycles. The SMILES string of the molecule is C[C@@]1(c2ccc(OC(F)F)cc2)NC(=O)N(CC(=O)N2CCN(C(=O)c3cccs3)CC2)C1=O. The number of imide groups is 1. The Labute approximate surface area is 197 Å². The molecule has 3 heterocycles. The minimum Gasteiger partial charge on any atom is -0.435 e. The predicted octanol–water partition coefficient (Wildman–Crippen LogP) is 2.10. The minimum atomic E-state index is -2.98. The summed E-state index contributed by atoms with van der Waals surface area (Å²) in [5.41, 5.74) is -1.09. The lowest BCUT2D eigenvalue weighted by Crippen LogP contribution is -2.53. The Hall–Kier alpha value is -3.54. The molecule has 1 N–H and O–H groups in total. The molecule has 5 amide bonds. The molecule has 2 aliphatic heterocycles. The van der Waals surface area contributed by atoms with Crippen molar-refractivity contribution in [2.75, 3.05) is 32.7 Å². The first-order valence-electron chi connectivity index (χ1n) is 10.5. The maximum atomic E-state index is 13.1. The van der Waals surface area contributed by atoms with E-state index in [2.05, 4.69) is 10.1 Å². The van der Waals surface area contributed by atoms with Gasteiger partial charge in [-0.3, -0.25) is 19.3 Å². The van der Waals surface area contributed by atoms with Crippen molar-refractivity contribution in [2.45, 2.75) is 19.1 Å². The second-order valence-corrected chi connectivity index (χ2v) is 8.95. The number of carbonyl (C=O) groups is 4. The summed E-state index contributed by atoms with van der Waals surface area (Å²) in [5.74, 6) is -1.20. The molecule has 2 aliphatic rings. The molecule has 2 fully saturated rings. The predicted molar refractivity (Wildman–Crippen MR) is 117 cm³/mol. The van der Waals surface area contributed by atoms with Crippen LogP contribution in [0.1, 0.15) is 22.2 Å². The molecule has 180 valence electrons. The van der Waals surface area contributed by atoms with Crippen molar-refractivity contribution in [1.29, 1.82) is 0 Å². The van der Waals surface area contributed by atoms with E-state index in [4.69, 9.17) is 0 Å². The van der Waals surface area contributed by atoms with Gasteiger partial charge in [-0.2, -0.15) is 8.78 Å². The van der Waals surface area contributed by atoms with Crippen LogP contribution in [0.5, 0.6) is 5.75 Å². The van der Waals surface area contributed by atoms with Gasteiger partial charge in [0.15, 0.2) is 0 Å². The average Bonchev–Trinajstić information content (AvgIpc) is 3.43. The quantitative estimate of drug-likeness (QED) is 0.623. The van der Waals surface area contributed by atoms with Gasteiger partial charge in [-0.05, 0) is 36.1 Å². The molecule has 0 saturated carbocycles. The summed E-state index contributed by atoms with van der Waals surface area (Å²) < 4.78 is 29.0. The highest BCUT2D eigenvalue weighted by molar-refractivity contribution is 7.12. The fraction of sp³-hybridized carbons (Fsp3) is 0.364. The lowest BCUT2D eigenvalue weighted by atomic mass is 9.92. The topological polar surface area (TPSA) is 99.3 Å². The fourth-order valence-electron chi connectivity index (χ4n) is 3.96. The third-order valence-corrected chi connectivity index (χ3v) is 6.73. The van der Waals surface area contributed by atoms with Gasteiger partial charge < -0.3 is 19.9 Å². The number of benzene rings is 1. The summed E-state index contributed by atoms with van der Waals surface area (Å²) in [6.07, 6.45) is 0. The zero-order chi connectivity index (χ0) is 24.5. The molecule has 9 nitrogen and oxygen atoms in total. The van der Waals surface area contributed by atoms with E-state index in [1.165, 1.54) is 47.4 Å². The van der Waals surface area contributed by atoms with Crippen molar-refractivity contribution < 1.29 is 32.7 Å². The van der Waals surface area contributed by atoms with Crippen LogP contribution in [0.4, 0.5) is 13.6 Å². The van der Waals surface area contributed by atoms with E-state index < -0.39 is 36.5 Å². The van der Waals surface area contributed by atoms with Gasteiger partial charge in [0, 0.05) is 26.2 Å². The molecule has 2 aromatic rings. The summed E-state index contributed by atoms with van der Waals surface area (Å²) >= 11 is 1.35. The van der Waals surface area contributed by atoms with Crippen LogP contribution in [-0.4, -0.2) is 77.8 Å². The number of hydrogen-bond donors (Lipinski definition) is 1. The van der Waals surface area contributed by atoms with Crippen LogP contribution in [0, 0.1) is 0 Å². The third kappa shape index (κ3) is 4.58. The summed E-state index contributed by atoms with van der Waals surface area (Å²) in [5, 5.41) is 4.40. The van der Waals surface area contributed by atoms with Gasteiger partial charge in [-0.1, -0.05) is 18.2 Å². The Bertz CT molecular complexity index is 1090. The van der Waals surface area contributed by atoms with E-state index >= 15 is 0 Å². The maximum absolute atomic E-state index is 13.1. The van der Waals surface area contributed by atoms with Crippen LogP contribution in [0.3, 0.4) is 0 Å². The Morgan fingerprint density at radius 1 is 1.09 bits per heavy atom. The van der Waals surface area contributed by atoms with Crippen LogP contribution >= 0.6 is 11.3 Å². The van der Waals surface area contributed by atoms with Crippen molar-refractivity contribution in [2.24, 2.45) is 0 Å². The number of ether oxygens (including phenoxy) is 1. The van der Waals surface area contributed by atoms with Crippen LogP contribution in [0.25, 0.3) is 0 Å². The second kappa shape index (κ2) is 9.37. The third-order valence-electron chi connectivity index (χ3n) is 5.88. The summed E-state index contributed by atoms with van der Waals surface area (Å²) in [6.45, 7) is -0.640. The highest BCUT2D eigenvalue weighted by atomic mass is 32.1. The molecule has 4 rings (SSSR count). The zero-order valence-corrected chi connectivity index (χ0v) is 19.0. The van der Waals surface area contributed by atoms with Crippen molar-refractivity contribution >= 4 is 35.1 Å². The van der Waals surface area contributed by atoms with Gasteiger partial charge in [0.25, 0.3) is 11.8 Å². The van der Waals surface area contributed by atoms with Crippen molar-refractivity contribution in [3.8, 4) is 5.75 Å². The van der Waals surface area contributed by atoms with E-state index in [9.17, 15) is 28.0 Å². The fourth-order valence-corrected chi connectivity index (χ4v) is 4.65. The molecule has 0 radical (unpaired) electrons. The first-order valence-corrected chi connectivity index (χ1v) is 11.4. The van der Waals surface area contributed by atoms with Crippen LogP contribution in [0.2, 0.25) is 0 Å². The maximum Gasteiger partial charge on any atom is 0.387 e. The lowest BCUT2D eigenvalue weighted by Gasteiger charge is -2.35. The number of thiophene rings is 1. The van der Waals surface area contributed by atoms with Crippen LogP contribution in [0.15, 0.2) is 41.8 Å². The van der Waals surface area contributed by atoms with E-state index in [-0.39, 0.29) is 11.7 Å². The number of nitrogens with one attached hydrogen (secondary N) is 1. The molecule has 1 atom stereocenters. The van der Waals surface area contributed by atoms with Gasteiger partial charge in [-0.15, -0.1) is 11.3 Å². The summed E-state index contributed by atoms with van der Waals surface area (Å²) in [7, 11) is 0. The molecule has 0 unspecified atom stereocenters. The number of carbonyl (C=O) groups excluding carboxylic acids is 4. The largest absolute Gasteiger partial charge is 0.435 e. The first-order chi connectivity index (χ1) is 16.2. The molecule has 1 aromatic heterocycles. The smallest absolute Gasteiger partial charge is 0.387 e. The second-order valence-electron chi connectivity index (χ2n) is 8.00. The molecule has 1 aromatic carbocycles. The van der Waals surface area contributed by atoms with E-state index in [0.29, 0.717) is 36.6 Å². The van der Waals surface area contributed by atoms with Gasteiger partial charge in [-0.25, -0.2) is 4.79 Å². The van der Waals surface area contributed by atoms with Gasteiger partial charge >= 0.3 is 12.6 Å². The zero-order valence-electron chi connectivity index (χ0n) is 18.2. The van der Waals surface area contributed by atoms with Gasteiger partial charge in [0.05, 0.1) is 4.88 Å². The number of hydrogen-bond acceptors (Lipinski definition) is 6. The highest BCUT2D eigenvalue weighted by Gasteiger charge is 2.49. The van der Waals surface area contributed by atoms with E-state index in [0.717, 1.165) is 4.90 Å². The average molecular weight is 493 g/mol. The standard InChI is InChI=1S/C22H22F2N4O5S/c1-22(14-4-6-15(7-5-14)33-20(23)24)19(31)28(21(32)25-22)13-17(29)26-8-10-27(11-9-26)18(30)16-3-2-12-34-16/h2-7,12,20H,8-11,13H2,1H3,(H,25,32)/t22-/m0/s1. The van der Waals surface area contributed by atoms with Crippen molar-refractivity contribution in [1.82, 2.24) is 20.0 Å². The number of halogens is 2. The Balaban J connectivity index is 1.37. The number of piperazine rings is 1. The van der Waals surface area contributed by atoms with Crippen molar-refractivity contribution in [3.05, 3.63) is 52.2 Å². The normalized spacial score (nSPS) is 20.6. The molecule has 12 heteroatoms. The highest BCUT2D eigenvalue weighted by Crippen LogP contribution is 2.30. The van der Waals surface area contributed by atoms with E-state index in [1.807, 2.05) is 5.38 Å². The molecular weight excluding hydrogens is 470 g/mol. The number of urea groups is 1. The molecule has 34 heavy (non-hydrogen) atoms. The number of rotatable bonds is 6. The van der Waals surface area contributed by atoms with E-state index in [1.54, 1.807) is 17.0 Å². The van der Waals surface area contributed by atoms with Crippen LogP contribution < -0.4 is 10.1 Å². The summed E-state index contributed by atoms with van der Waals surface area (Å²) in [4.78, 5) is 55.5. The van der Waals surface area contributed by atoms with Crippen molar-refractivity contribution in [3.63, 3.8) is 0 Å². The molecule has 0 bridgehead atoms. The summed E-state index contributed by atoms with van der Waals surface area (Å²) in [6, 6.07) is 8.19. The van der Waals surface area contributed by atoms with Gasteiger partial charge in [0.1, 0.15) is 17.8 Å². The Morgan fingerprint density at radius 2 is 1.74 bits per heavy atom. The Kier molecular flexibility index (Phi) is 6.51. The number of amides is 5. The monoisotopic (exact) mass is 492 g/mol. The Morgan fingerprint density at radius 3 is 2.32 bits per heavy atom. The van der Waals surface area contributed by atoms with Crippen LogP contribution in [-0.2, 0) is 15.1 Å². The molecule has 2 saturated heterocycles. The minimum absolute atomic E-state index is 0.0807. The lowest BCUT2D eigenvalue weighted by molar-refractivity contribution is -0.139. The number of nitrogens with zero attached hydrogens (tertiary/aromatic N) is 3. The first kappa shape index (κ1) is 23.6. The molecule has 0 spiro atoms. The molecular formula is C22H22F2N4O5S. The van der Waals surface area contributed by atoms with Gasteiger partial charge in [0.2, 0.25) is 5.91 Å².